The highest BCUT2D eigenvalue weighted by Gasteiger charge is 2.19. The van der Waals surface area contributed by atoms with E-state index in [9.17, 15) is 18.0 Å². The Morgan fingerprint density at radius 2 is 1.66 bits per heavy atom. The van der Waals surface area contributed by atoms with E-state index in [2.05, 4.69) is 20.7 Å². The lowest BCUT2D eigenvalue weighted by Gasteiger charge is -2.14. The first kappa shape index (κ1) is 25.8. The predicted molar refractivity (Wildman–Crippen MR) is 135 cm³/mol. The van der Waals surface area contributed by atoms with Crippen molar-refractivity contribution in [2.75, 3.05) is 23.1 Å². The summed E-state index contributed by atoms with van der Waals surface area (Å²) in [5.74, 6) is 0.872. The number of benzene rings is 2. The second-order valence-electron chi connectivity index (χ2n) is 7.98. The van der Waals surface area contributed by atoms with Gasteiger partial charge in [-0.2, -0.15) is 0 Å². The van der Waals surface area contributed by atoms with Crippen LogP contribution in [-0.4, -0.2) is 33.3 Å². The molecule has 35 heavy (non-hydrogen) atoms. The van der Waals surface area contributed by atoms with Crippen molar-refractivity contribution in [1.29, 1.82) is 0 Å². The van der Waals surface area contributed by atoms with E-state index in [1.807, 2.05) is 25.1 Å². The molecule has 0 spiro atoms. The molecular weight excluding hydrogens is 468 g/mol. The zero-order valence-electron chi connectivity index (χ0n) is 20.0. The van der Waals surface area contributed by atoms with Crippen molar-refractivity contribution >= 4 is 33.2 Å². The lowest BCUT2D eigenvalue weighted by Crippen LogP contribution is -2.33. The summed E-state index contributed by atoms with van der Waals surface area (Å²) in [5, 5.41) is 8.42. The molecule has 9 nitrogen and oxygen atoms in total. The van der Waals surface area contributed by atoms with Crippen LogP contribution in [0.3, 0.4) is 0 Å². The summed E-state index contributed by atoms with van der Waals surface area (Å²) in [6.45, 7) is 5.96. The summed E-state index contributed by atoms with van der Waals surface area (Å²) in [6.07, 6.45) is 0.765. The predicted octanol–water partition coefficient (Wildman–Crippen LogP) is 3.43. The quantitative estimate of drug-likeness (QED) is 0.300. The molecule has 0 fully saturated rings. The van der Waals surface area contributed by atoms with Crippen molar-refractivity contribution < 1.29 is 22.4 Å². The SMILES string of the molecule is CCc1ccc(CNc2cc(C(=O)NCCNC(C)=O)cc(S(=O)(=O)Nc3ccccc3C)c2)o1. The highest BCUT2D eigenvalue weighted by Crippen LogP contribution is 2.24. The molecule has 0 unspecified atom stereocenters. The Morgan fingerprint density at radius 1 is 0.943 bits per heavy atom. The van der Waals surface area contributed by atoms with E-state index in [4.69, 9.17) is 4.42 Å². The minimum atomic E-state index is -3.98. The molecule has 0 aliphatic rings. The molecule has 1 heterocycles. The summed E-state index contributed by atoms with van der Waals surface area (Å²) in [7, 11) is -3.98. The van der Waals surface area contributed by atoms with Gasteiger partial charge in [0.1, 0.15) is 11.5 Å². The molecule has 2 aromatic carbocycles. The maximum absolute atomic E-state index is 13.2. The van der Waals surface area contributed by atoms with E-state index in [0.717, 1.165) is 17.7 Å². The van der Waals surface area contributed by atoms with Crippen LogP contribution in [0.5, 0.6) is 0 Å². The zero-order valence-corrected chi connectivity index (χ0v) is 20.8. The number of amides is 2. The van der Waals surface area contributed by atoms with E-state index in [1.165, 1.54) is 19.1 Å². The number of carbonyl (C=O) groups excluding carboxylic acids is 2. The molecule has 2 amide bonds. The first-order valence-electron chi connectivity index (χ1n) is 11.3. The van der Waals surface area contributed by atoms with Crippen LogP contribution in [0.2, 0.25) is 0 Å². The number of carbonyl (C=O) groups is 2. The summed E-state index contributed by atoms with van der Waals surface area (Å²) in [4.78, 5) is 23.7. The van der Waals surface area contributed by atoms with Gasteiger partial charge in [-0.15, -0.1) is 0 Å². The molecule has 3 rings (SSSR count). The molecule has 0 aliphatic heterocycles. The largest absolute Gasteiger partial charge is 0.464 e. The number of para-hydroxylation sites is 1. The summed E-state index contributed by atoms with van der Waals surface area (Å²) >= 11 is 0. The topological polar surface area (TPSA) is 130 Å². The minimum Gasteiger partial charge on any atom is -0.464 e. The summed E-state index contributed by atoms with van der Waals surface area (Å²) in [5.41, 5.74) is 1.83. The van der Waals surface area contributed by atoms with Crippen LogP contribution in [-0.2, 0) is 27.8 Å². The average molecular weight is 499 g/mol. The lowest BCUT2D eigenvalue weighted by molar-refractivity contribution is -0.118. The average Bonchev–Trinajstić information content (AvgIpc) is 3.29. The summed E-state index contributed by atoms with van der Waals surface area (Å²) in [6, 6.07) is 15.1. The molecule has 0 saturated heterocycles. The third-order valence-electron chi connectivity index (χ3n) is 5.19. The van der Waals surface area contributed by atoms with E-state index in [-0.39, 0.29) is 29.5 Å². The molecule has 0 saturated carbocycles. The maximum Gasteiger partial charge on any atom is 0.262 e. The molecule has 186 valence electrons. The van der Waals surface area contributed by atoms with E-state index < -0.39 is 15.9 Å². The first-order chi connectivity index (χ1) is 16.7. The van der Waals surface area contributed by atoms with Crippen LogP contribution in [0.4, 0.5) is 11.4 Å². The van der Waals surface area contributed by atoms with E-state index in [0.29, 0.717) is 23.7 Å². The van der Waals surface area contributed by atoms with Gasteiger partial charge in [0.05, 0.1) is 17.1 Å². The van der Waals surface area contributed by atoms with Gasteiger partial charge in [-0.1, -0.05) is 25.1 Å². The van der Waals surface area contributed by atoms with Crippen LogP contribution in [0.25, 0.3) is 0 Å². The number of furan rings is 1. The third kappa shape index (κ3) is 7.35. The van der Waals surface area contributed by atoms with Crippen LogP contribution in [0.1, 0.15) is 41.3 Å². The Kier molecular flexibility index (Phi) is 8.53. The van der Waals surface area contributed by atoms with Crippen LogP contribution in [0.15, 0.2) is 63.9 Å². The molecule has 0 atom stereocenters. The second-order valence-corrected chi connectivity index (χ2v) is 9.66. The highest BCUT2D eigenvalue weighted by molar-refractivity contribution is 7.92. The van der Waals surface area contributed by atoms with Crippen molar-refractivity contribution in [1.82, 2.24) is 10.6 Å². The number of hydrogen-bond donors (Lipinski definition) is 4. The smallest absolute Gasteiger partial charge is 0.262 e. The van der Waals surface area contributed by atoms with Crippen molar-refractivity contribution in [3.8, 4) is 0 Å². The van der Waals surface area contributed by atoms with Gasteiger partial charge in [0.15, 0.2) is 0 Å². The molecule has 1 aromatic heterocycles. The van der Waals surface area contributed by atoms with Gasteiger partial charge in [-0.05, 0) is 48.9 Å². The van der Waals surface area contributed by atoms with Gasteiger partial charge in [0.2, 0.25) is 5.91 Å². The van der Waals surface area contributed by atoms with Gasteiger partial charge >= 0.3 is 0 Å². The fourth-order valence-corrected chi connectivity index (χ4v) is 4.49. The fraction of sp³-hybridized carbons (Fsp3) is 0.280. The summed E-state index contributed by atoms with van der Waals surface area (Å²) < 4.78 is 34.7. The fourth-order valence-electron chi connectivity index (χ4n) is 3.29. The van der Waals surface area contributed by atoms with Gasteiger partial charge in [0.25, 0.3) is 15.9 Å². The second kappa shape index (κ2) is 11.6. The molecule has 4 N–H and O–H groups in total. The Labute approximate surface area is 205 Å². The normalized spacial score (nSPS) is 11.1. The monoisotopic (exact) mass is 498 g/mol. The van der Waals surface area contributed by atoms with Gasteiger partial charge in [0, 0.05) is 37.7 Å². The van der Waals surface area contributed by atoms with Crippen molar-refractivity contribution in [2.24, 2.45) is 0 Å². The molecular formula is C25H30N4O5S. The van der Waals surface area contributed by atoms with Gasteiger partial charge < -0.3 is 20.4 Å². The standard InChI is InChI=1S/C25H30N4O5S/c1-4-21-9-10-22(34-21)16-28-20-13-19(25(31)27-12-11-26-18(3)30)14-23(15-20)35(32,33)29-24-8-6-5-7-17(24)2/h5-10,13-15,28-29H,4,11-12,16H2,1-3H3,(H,26,30)(H,27,31). The van der Waals surface area contributed by atoms with Crippen LogP contribution in [0, 0.1) is 6.92 Å². The number of hydrogen-bond acceptors (Lipinski definition) is 6. The van der Waals surface area contributed by atoms with Crippen LogP contribution >= 0.6 is 0 Å². The van der Waals surface area contributed by atoms with Gasteiger partial charge in [-0.3, -0.25) is 14.3 Å². The number of sulfonamides is 1. The number of rotatable bonds is 11. The maximum atomic E-state index is 13.2. The highest BCUT2D eigenvalue weighted by atomic mass is 32.2. The van der Waals surface area contributed by atoms with Crippen molar-refractivity contribution in [3.05, 3.63) is 77.2 Å². The van der Waals surface area contributed by atoms with Gasteiger partial charge in [-0.25, -0.2) is 8.42 Å². The Hall–Kier alpha value is -3.79. The third-order valence-corrected chi connectivity index (χ3v) is 6.53. The molecule has 0 aliphatic carbocycles. The lowest BCUT2D eigenvalue weighted by atomic mass is 10.2. The Balaban J connectivity index is 1.86. The molecule has 0 radical (unpaired) electrons. The Bertz CT molecular complexity index is 1300. The van der Waals surface area contributed by atoms with E-state index in [1.54, 1.807) is 31.2 Å². The molecule has 0 bridgehead atoms. The first-order valence-corrected chi connectivity index (χ1v) is 12.7. The van der Waals surface area contributed by atoms with Crippen molar-refractivity contribution in [3.63, 3.8) is 0 Å². The minimum absolute atomic E-state index is 0.0635. The van der Waals surface area contributed by atoms with Crippen LogP contribution < -0.4 is 20.7 Å². The molecule has 10 heteroatoms. The van der Waals surface area contributed by atoms with E-state index >= 15 is 0 Å². The number of anilines is 2. The molecule has 3 aromatic rings. The number of aryl methyl sites for hydroxylation is 2. The number of nitrogens with one attached hydrogen (secondary N) is 4. The zero-order chi connectivity index (χ0) is 25.4. The Morgan fingerprint density at radius 3 is 2.34 bits per heavy atom. The van der Waals surface area contributed by atoms with Crippen molar-refractivity contribution in [2.45, 2.75) is 38.6 Å².